The van der Waals surface area contributed by atoms with Crippen LogP contribution >= 0.6 is 0 Å². The smallest absolute Gasteiger partial charge is 0.262 e. The number of aromatic nitrogens is 1. The van der Waals surface area contributed by atoms with Gasteiger partial charge in [-0.25, -0.2) is 13.4 Å². The highest BCUT2D eigenvalue weighted by Crippen LogP contribution is 2.26. The van der Waals surface area contributed by atoms with Crippen LogP contribution in [0.5, 0.6) is 11.5 Å². The molecule has 9 heteroatoms. The number of nitrogens with zero attached hydrogens (tertiary/aromatic N) is 1. The van der Waals surface area contributed by atoms with Gasteiger partial charge in [-0.2, -0.15) is 0 Å². The van der Waals surface area contributed by atoms with Crippen LogP contribution < -0.4 is 14.8 Å². The van der Waals surface area contributed by atoms with Crippen LogP contribution in [0.2, 0.25) is 0 Å². The average Bonchev–Trinajstić information content (AvgIpc) is 2.71. The number of anilines is 3. The van der Waals surface area contributed by atoms with Crippen LogP contribution in [0.25, 0.3) is 0 Å². The van der Waals surface area contributed by atoms with Gasteiger partial charge in [-0.15, -0.1) is 0 Å². The van der Waals surface area contributed by atoms with Crippen LogP contribution in [0.15, 0.2) is 71.8 Å². The van der Waals surface area contributed by atoms with Gasteiger partial charge in [-0.05, 0) is 67.6 Å². The van der Waals surface area contributed by atoms with Crippen molar-refractivity contribution in [2.45, 2.75) is 11.8 Å². The lowest BCUT2D eigenvalue weighted by Crippen LogP contribution is -2.14. The number of aliphatic hydroxyl groups is 1. The Labute approximate surface area is 169 Å². The zero-order valence-corrected chi connectivity index (χ0v) is 16.8. The van der Waals surface area contributed by atoms with E-state index in [0.717, 1.165) is 0 Å². The van der Waals surface area contributed by atoms with E-state index < -0.39 is 10.0 Å². The van der Waals surface area contributed by atoms with Gasteiger partial charge in [-0.3, -0.25) is 4.72 Å². The minimum atomic E-state index is -3.79. The molecule has 0 saturated carbocycles. The van der Waals surface area contributed by atoms with E-state index in [1.54, 1.807) is 49.5 Å². The highest BCUT2D eigenvalue weighted by atomic mass is 32.2. The number of hydrogen-bond acceptors (Lipinski definition) is 7. The van der Waals surface area contributed by atoms with Crippen molar-refractivity contribution in [3.05, 3.63) is 66.9 Å². The van der Waals surface area contributed by atoms with E-state index in [4.69, 9.17) is 9.84 Å². The SMILES string of the molecule is CCO.COc1ccc(S(=O)(=O)Nc2cccnc2Nc2ccc(O)cc2)cc1. The maximum atomic E-state index is 12.6. The fraction of sp³-hybridized carbons (Fsp3) is 0.150. The third kappa shape index (κ3) is 6.37. The quantitative estimate of drug-likeness (QED) is 0.454. The Morgan fingerprint density at radius 3 is 2.24 bits per heavy atom. The molecule has 4 N–H and O–H groups in total. The minimum absolute atomic E-state index is 0.109. The molecule has 3 rings (SSSR count). The van der Waals surface area contributed by atoms with Crippen molar-refractivity contribution in [3.8, 4) is 11.5 Å². The molecule has 3 aromatic rings. The molecule has 0 atom stereocenters. The summed E-state index contributed by atoms with van der Waals surface area (Å²) < 4.78 is 32.8. The summed E-state index contributed by atoms with van der Waals surface area (Å²) in [7, 11) is -2.27. The third-order valence-corrected chi connectivity index (χ3v) is 4.93. The topological polar surface area (TPSA) is 121 Å². The van der Waals surface area contributed by atoms with Crippen LogP contribution in [0.4, 0.5) is 17.2 Å². The summed E-state index contributed by atoms with van der Waals surface area (Å²) in [5.74, 6) is 1.05. The maximum Gasteiger partial charge on any atom is 0.262 e. The molecule has 0 aliphatic rings. The summed E-state index contributed by atoms with van der Waals surface area (Å²) in [5.41, 5.74) is 0.961. The average molecular weight is 417 g/mol. The normalized spacial score (nSPS) is 10.4. The molecule has 1 aromatic heterocycles. The van der Waals surface area contributed by atoms with Gasteiger partial charge in [0, 0.05) is 18.5 Å². The van der Waals surface area contributed by atoms with Gasteiger partial charge in [0.05, 0.1) is 17.7 Å². The summed E-state index contributed by atoms with van der Waals surface area (Å²) >= 11 is 0. The van der Waals surface area contributed by atoms with E-state index in [1.165, 1.54) is 31.4 Å². The Hall–Kier alpha value is -3.30. The number of methoxy groups -OCH3 is 1. The fourth-order valence-electron chi connectivity index (χ4n) is 2.23. The number of nitrogens with one attached hydrogen (secondary N) is 2. The van der Waals surface area contributed by atoms with E-state index in [-0.39, 0.29) is 17.3 Å². The fourth-order valence-corrected chi connectivity index (χ4v) is 3.29. The molecular formula is C20H23N3O5S. The summed E-state index contributed by atoms with van der Waals surface area (Å²) in [6, 6.07) is 15.7. The zero-order valence-electron chi connectivity index (χ0n) is 16.0. The van der Waals surface area contributed by atoms with Crippen molar-refractivity contribution < 1.29 is 23.4 Å². The molecule has 1 heterocycles. The monoisotopic (exact) mass is 417 g/mol. The molecule has 0 amide bonds. The van der Waals surface area contributed by atoms with Crippen molar-refractivity contribution in [2.75, 3.05) is 23.8 Å². The summed E-state index contributed by atoms with van der Waals surface area (Å²) in [5, 5.41) is 19.9. The number of hydrogen-bond donors (Lipinski definition) is 4. The van der Waals surface area contributed by atoms with Crippen LogP contribution in [0.3, 0.4) is 0 Å². The van der Waals surface area contributed by atoms with Crippen molar-refractivity contribution in [1.29, 1.82) is 0 Å². The van der Waals surface area contributed by atoms with Gasteiger partial charge in [-0.1, -0.05) is 0 Å². The Morgan fingerprint density at radius 2 is 1.66 bits per heavy atom. The lowest BCUT2D eigenvalue weighted by atomic mass is 10.3. The van der Waals surface area contributed by atoms with Crippen molar-refractivity contribution in [1.82, 2.24) is 4.98 Å². The molecule has 2 aromatic carbocycles. The van der Waals surface area contributed by atoms with Gasteiger partial charge in [0.1, 0.15) is 11.5 Å². The van der Waals surface area contributed by atoms with Crippen LogP contribution in [-0.4, -0.2) is 37.3 Å². The van der Waals surface area contributed by atoms with Crippen molar-refractivity contribution in [2.24, 2.45) is 0 Å². The van der Waals surface area contributed by atoms with E-state index in [0.29, 0.717) is 22.9 Å². The lowest BCUT2D eigenvalue weighted by Gasteiger charge is -2.13. The summed E-state index contributed by atoms with van der Waals surface area (Å²) in [6.07, 6.45) is 1.55. The number of phenolic OH excluding ortho intramolecular Hbond substituents is 1. The highest BCUT2D eigenvalue weighted by Gasteiger charge is 2.16. The predicted octanol–water partition coefficient (Wildman–Crippen LogP) is 3.34. The first-order valence-electron chi connectivity index (χ1n) is 8.68. The second-order valence-electron chi connectivity index (χ2n) is 5.67. The first-order chi connectivity index (χ1) is 13.9. The Bertz CT molecular complexity index is 1010. The Morgan fingerprint density at radius 1 is 1.03 bits per heavy atom. The number of ether oxygens (including phenoxy) is 1. The van der Waals surface area contributed by atoms with E-state index in [1.807, 2.05) is 0 Å². The van der Waals surface area contributed by atoms with Crippen LogP contribution in [0.1, 0.15) is 6.92 Å². The van der Waals surface area contributed by atoms with Gasteiger partial charge >= 0.3 is 0 Å². The first kappa shape index (κ1) is 22.0. The summed E-state index contributed by atoms with van der Waals surface area (Å²) in [6.45, 7) is 1.93. The molecule has 0 radical (unpaired) electrons. The number of phenols is 1. The molecule has 29 heavy (non-hydrogen) atoms. The standard InChI is InChI=1S/C18H17N3O4S.C2H6O/c1-25-15-8-10-16(11-9-15)26(23,24)21-17-3-2-12-19-18(17)20-13-4-6-14(22)7-5-13;1-2-3/h2-12,21-22H,1H3,(H,19,20);3H,2H2,1H3. The number of sulfonamides is 1. The molecule has 0 bridgehead atoms. The molecule has 0 spiro atoms. The molecular weight excluding hydrogens is 394 g/mol. The molecule has 154 valence electrons. The van der Waals surface area contributed by atoms with Crippen molar-refractivity contribution >= 4 is 27.2 Å². The van der Waals surface area contributed by atoms with Gasteiger partial charge in [0.2, 0.25) is 0 Å². The van der Waals surface area contributed by atoms with E-state index >= 15 is 0 Å². The molecule has 0 aliphatic heterocycles. The van der Waals surface area contributed by atoms with Crippen LogP contribution in [0, 0.1) is 0 Å². The summed E-state index contributed by atoms with van der Waals surface area (Å²) in [4.78, 5) is 4.29. The molecule has 0 unspecified atom stereocenters. The number of benzene rings is 2. The van der Waals surface area contributed by atoms with Gasteiger partial charge in [0.25, 0.3) is 10.0 Å². The number of rotatable bonds is 6. The van der Waals surface area contributed by atoms with Crippen LogP contribution in [-0.2, 0) is 10.0 Å². The third-order valence-electron chi connectivity index (χ3n) is 3.55. The zero-order chi connectivity index (χ0) is 21.3. The minimum Gasteiger partial charge on any atom is -0.508 e. The second-order valence-corrected chi connectivity index (χ2v) is 7.35. The molecule has 0 fully saturated rings. The maximum absolute atomic E-state index is 12.6. The molecule has 0 saturated heterocycles. The second kappa shape index (κ2) is 10.3. The number of aromatic hydroxyl groups is 1. The van der Waals surface area contributed by atoms with Gasteiger partial charge in [0.15, 0.2) is 5.82 Å². The van der Waals surface area contributed by atoms with Gasteiger partial charge < -0.3 is 20.3 Å². The highest BCUT2D eigenvalue weighted by molar-refractivity contribution is 7.92. The Kier molecular flexibility index (Phi) is 7.81. The van der Waals surface area contributed by atoms with E-state index in [9.17, 15) is 13.5 Å². The number of pyridine rings is 1. The first-order valence-corrected chi connectivity index (χ1v) is 10.2. The Balaban J connectivity index is 0.000000941. The largest absolute Gasteiger partial charge is 0.508 e. The van der Waals surface area contributed by atoms with Crippen molar-refractivity contribution in [3.63, 3.8) is 0 Å². The number of aliphatic hydroxyl groups excluding tert-OH is 1. The molecule has 0 aliphatic carbocycles. The van der Waals surface area contributed by atoms with E-state index in [2.05, 4.69) is 15.0 Å². The predicted molar refractivity (Wildman–Crippen MR) is 112 cm³/mol. The molecule has 8 nitrogen and oxygen atoms in total. The lowest BCUT2D eigenvalue weighted by molar-refractivity contribution is 0.318.